The second-order valence-corrected chi connectivity index (χ2v) is 7.30. The summed E-state index contributed by atoms with van der Waals surface area (Å²) in [6.45, 7) is 3.95. The number of amides is 1. The van der Waals surface area contributed by atoms with E-state index in [-0.39, 0.29) is 12.1 Å². The fraction of sp³-hybridized carbons (Fsp3) is 0.174. The predicted octanol–water partition coefficient (Wildman–Crippen LogP) is 5.74. The first-order valence-electron chi connectivity index (χ1n) is 9.10. The molecule has 4 rings (SSSR count). The number of carbonyl (C=O) groups is 1. The Hall–Kier alpha value is -2.98. The molecule has 0 fully saturated rings. The average molecular weight is 393 g/mol. The smallest absolute Gasteiger partial charge is 0.260 e. The first-order valence-corrected chi connectivity index (χ1v) is 9.48. The van der Waals surface area contributed by atoms with Gasteiger partial charge in [-0.2, -0.15) is 0 Å². The summed E-state index contributed by atoms with van der Waals surface area (Å²) in [6.07, 6.45) is -0.348. The summed E-state index contributed by atoms with van der Waals surface area (Å²) in [5, 5.41) is 4.15. The van der Waals surface area contributed by atoms with Crippen LogP contribution in [0.2, 0.25) is 5.02 Å². The van der Waals surface area contributed by atoms with E-state index in [1.807, 2.05) is 73.3 Å². The van der Waals surface area contributed by atoms with Gasteiger partial charge in [0.2, 0.25) is 0 Å². The summed E-state index contributed by atoms with van der Waals surface area (Å²) in [4.78, 5) is 15.1. The van der Waals surface area contributed by atoms with E-state index < -0.39 is 0 Å². The summed E-state index contributed by atoms with van der Waals surface area (Å²) < 4.78 is 5.52. The maximum atomic E-state index is 13.3. The number of carbonyl (C=O) groups excluding carboxylic acids is 1. The highest BCUT2D eigenvalue weighted by Gasteiger charge is 2.38. The van der Waals surface area contributed by atoms with E-state index in [4.69, 9.17) is 16.3 Å². The van der Waals surface area contributed by atoms with Crippen molar-refractivity contribution in [1.82, 2.24) is 0 Å². The normalized spacial score (nSPS) is 15.5. The van der Waals surface area contributed by atoms with E-state index in [2.05, 4.69) is 5.32 Å². The van der Waals surface area contributed by atoms with Crippen molar-refractivity contribution in [2.45, 2.75) is 20.0 Å². The van der Waals surface area contributed by atoms with E-state index in [1.54, 1.807) is 13.2 Å². The Balaban J connectivity index is 1.84. The molecular weight excluding hydrogens is 372 g/mol. The first kappa shape index (κ1) is 18.4. The second-order valence-electron chi connectivity index (χ2n) is 6.90. The van der Waals surface area contributed by atoms with E-state index in [0.717, 1.165) is 28.1 Å². The van der Waals surface area contributed by atoms with E-state index >= 15 is 0 Å². The second kappa shape index (κ2) is 7.21. The molecule has 28 heavy (non-hydrogen) atoms. The lowest BCUT2D eigenvalue weighted by Crippen LogP contribution is -2.32. The Morgan fingerprint density at radius 1 is 1.00 bits per heavy atom. The van der Waals surface area contributed by atoms with Crippen LogP contribution in [0.4, 0.5) is 11.4 Å². The van der Waals surface area contributed by atoms with Crippen LogP contribution in [-0.2, 0) is 0 Å². The highest BCUT2D eigenvalue weighted by Crippen LogP contribution is 2.41. The third-order valence-electron chi connectivity index (χ3n) is 5.11. The topological polar surface area (TPSA) is 41.6 Å². The molecule has 1 amide bonds. The van der Waals surface area contributed by atoms with Crippen molar-refractivity contribution in [3.05, 3.63) is 87.9 Å². The first-order chi connectivity index (χ1) is 13.5. The third-order valence-corrected chi connectivity index (χ3v) is 5.52. The van der Waals surface area contributed by atoms with Crippen LogP contribution in [0.25, 0.3) is 0 Å². The van der Waals surface area contributed by atoms with Crippen LogP contribution in [0.3, 0.4) is 0 Å². The SMILES string of the molecule is COc1cc(Cl)c(C)cc1NC1c2ccccc2C(=O)N1c1ccccc1C. The number of nitrogens with one attached hydrogen (secondary N) is 1. The minimum Gasteiger partial charge on any atom is -0.495 e. The molecule has 1 aliphatic rings. The monoisotopic (exact) mass is 392 g/mol. The quantitative estimate of drug-likeness (QED) is 0.615. The lowest BCUT2D eigenvalue weighted by molar-refractivity contribution is 0.0992. The molecule has 142 valence electrons. The molecule has 0 saturated carbocycles. The predicted molar refractivity (Wildman–Crippen MR) is 114 cm³/mol. The van der Waals surface area contributed by atoms with Gasteiger partial charge in [0.05, 0.1) is 12.8 Å². The van der Waals surface area contributed by atoms with Gasteiger partial charge in [-0.1, -0.05) is 48.0 Å². The highest BCUT2D eigenvalue weighted by atomic mass is 35.5. The average Bonchev–Trinajstić information content (AvgIpc) is 2.97. The van der Waals surface area contributed by atoms with Crippen LogP contribution >= 0.6 is 11.6 Å². The largest absolute Gasteiger partial charge is 0.495 e. The van der Waals surface area contributed by atoms with Gasteiger partial charge in [-0.05, 0) is 43.2 Å². The van der Waals surface area contributed by atoms with Crippen molar-refractivity contribution < 1.29 is 9.53 Å². The zero-order chi connectivity index (χ0) is 19.8. The number of rotatable bonds is 4. The molecule has 1 aliphatic heterocycles. The van der Waals surface area contributed by atoms with Gasteiger partial charge >= 0.3 is 0 Å². The van der Waals surface area contributed by atoms with Crippen molar-refractivity contribution in [3.8, 4) is 5.75 Å². The number of nitrogens with zero attached hydrogens (tertiary/aromatic N) is 1. The van der Waals surface area contributed by atoms with Gasteiger partial charge in [0.15, 0.2) is 0 Å². The van der Waals surface area contributed by atoms with Crippen LogP contribution in [0.5, 0.6) is 5.75 Å². The van der Waals surface area contributed by atoms with Crippen LogP contribution in [0.1, 0.15) is 33.2 Å². The number of hydrogen-bond donors (Lipinski definition) is 1. The summed E-state index contributed by atoms with van der Waals surface area (Å²) in [6, 6.07) is 19.3. The molecule has 1 unspecified atom stereocenters. The van der Waals surface area contributed by atoms with E-state index in [0.29, 0.717) is 16.3 Å². The highest BCUT2D eigenvalue weighted by molar-refractivity contribution is 6.31. The standard InChI is InChI=1S/C23H21ClN2O2/c1-14-8-4-7-11-20(14)26-22(16-9-5-6-10-17(16)23(26)27)25-19-12-15(2)18(24)13-21(19)28-3/h4-13,22,25H,1-3H3. The number of anilines is 2. The number of aryl methyl sites for hydroxylation is 2. The van der Waals surface area contributed by atoms with Gasteiger partial charge < -0.3 is 10.1 Å². The molecule has 3 aromatic rings. The number of fused-ring (bicyclic) bond motifs is 1. The van der Waals surface area contributed by atoms with Crippen molar-refractivity contribution in [2.75, 3.05) is 17.3 Å². The molecule has 0 saturated heterocycles. The fourth-order valence-corrected chi connectivity index (χ4v) is 3.79. The Morgan fingerprint density at radius 3 is 2.46 bits per heavy atom. The van der Waals surface area contributed by atoms with Crippen molar-refractivity contribution >= 4 is 28.9 Å². The molecule has 1 heterocycles. The molecule has 0 spiro atoms. The Morgan fingerprint density at radius 2 is 1.71 bits per heavy atom. The molecule has 3 aromatic carbocycles. The van der Waals surface area contributed by atoms with Crippen LogP contribution in [0, 0.1) is 13.8 Å². The number of methoxy groups -OCH3 is 1. The van der Waals surface area contributed by atoms with Crippen LogP contribution in [0.15, 0.2) is 60.7 Å². The third kappa shape index (κ3) is 3.00. The van der Waals surface area contributed by atoms with Crippen molar-refractivity contribution in [3.63, 3.8) is 0 Å². The molecular formula is C23H21ClN2O2. The molecule has 1 N–H and O–H groups in total. The maximum Gasteiger partial charge on any atom is 0.260 e. The van der Waals surface area contributed by atoms with E-state index in [1.165, 1.54) is 0 Å². The molecule has 1 atom stereocenters. The number of halogens is 1. The van der Waals surface area contributed by atoms with Gasteiger partial charge in [-0.25, -0.2) is 0 Å². The van der Waals surface area contributed by atoms with Gasteiger partial charge in [0.25, 0.3) is 5.91 Å². The number of ether oxygens (including phenoxy) is 1. The Kier molecular flexibility index (Phi) is 4.73. The molecule has 0 radical (unpaired) electrons. The molecule has 0 aliphatic carbocycles. The van der Waals surface area contributed by atoms with E-state index in [9.17, 15) is 4.79 Å². The molecule has 0 bridgehead atoms. The van der Waals surface area contributed by atoms with Crippen LogP contribution in [-0.4, -0.2) is 13.0 Å². The fourth-order valence-electron chi connectivity index (χ4n) is 3.63. The summed E-state index contributed by atoms with van der Waals surface area (Å²) >= 11 is 6.26. The molecule has 4 nitrogen and oxygen atoms in total. The van der Waals surface area contributed by atoms with Gasteiger partial charge in [0, 0.05) is 27.9 Å². The summed E-state index contributed by atoms with van der Waals surface area (Å²) in [5.74, 6) is 0.615. The van der Waals surface area contributed by atoms with Gasteiger partial charge in [0.1, 0.15) is 11.9 Å². The summed E-state index contributed by atoms with van der Waals surface area (Å²) in [5.41, 5.74) is 5.28. The maximum absolute atomic E-state index is 13.3. The molecule has 0 aromatic heterocycles. The lowest BCUT2D eigenvalue weighted by Gasteiger charge is -2.29. The number of para-hydroxylation sites is 1. The van der Waals surface area contributed by atoms with Crippen molar-refractivity contribution in [2.24, 2.45) is 0 Å². The minimum atomic E-state index is -0.348. The number of hydrogen-bond acceptors (Lipinski definition) is 3. The number of benzene rings is 3. The van der Waals surface area contributed by atoms with Gasteiger partial charge in [-0.3, -0.25) is 9.69 Å². The summed E-state index contributed by atoms with van der Waals surface area (Å²) in [7, 11) is 1.61. The Bertz CT molecular complexity index is 1060. The zero-order valence-electron chi connectivity index (χ0n) is 16.0. The lowest BCUT2D eigenvalue weighted by atomic mass is 10.1. The Labute approximate surface area is 169 Å². The zero-order valence-corrected chi connectivity index (χ0v) is 16.7. The minimum absolute atomic E-state index is 0.0212. The van der Waals surface area contributed by atoms with Crippen LogP contribution < -0.4 is 15.0 Å². The van der Waals surface area contributed by atoms with Crippen molar-refractivity contribution in [1.29, 1.82) is 0 Å². The van der Waals surface area contributed by atoms with Gasteiger partial charge in [-0.15, -0.1) is 0 Å². The molecule has 5 heteroatoms.